The molecule has 0 saturated heterocycles. The van der Waals surface area contributed by atoms with Gasteiger partial charge in [0.1, 0.15) is 10.6 Å². The van der Waals surface area contributed by atoms with Gasteiger partial charge in [0.25, 0.3) is 0 Å². The molecule has 8 nitrogen and oxygen atoms in total. The smallest absolute Gasteiger partial charge is 0.338 e. The largest absolute Gasteiger partial charge is 0.495 e. The van der Waals surface area contributed by atoms with E-state index in [1.807, 2.05) is 25.3 Å². The van der Waals surface area contributed by atoms with Gasteiger partial charge in [0, 0.05) is 23.5 Å². The Labute approximate surface area is 164 Å². The highest BCUT2D eigenvalue weighted by Crippen LogP contribution is 2.24. The molecule has 0 saturated carbocycles. The number of Topliss-reactive ketones (excluding diaryl/α,β-unsaturated/α-hetero) is 1. The van der Waals surface area contributed by atoms with Crippen molar-refractivity contribution in [3.63, 3.8) is 0 Å². The Balaban J connectivity index is 2.17. The lowest BCUT2D eigenvalue weighted by Gasteiger charge is -2.10. The first kappa shape index (κ1) is 21.6. The van der Waals surface area contributed by atoms with Gasteiger partial charge >= 0.3 is 5.97 Å². The summed E-state index contributed by atoms with van der Waals surface area (Å²) >= 11 is 0. The molecule has 2 aromatic rings. The number of nitrogens with zero attached hydrogens (tertiary/aromatic N) is 1. The van der Waals surface area contributed by atoms with E-state index < -0.39 is 22.6 Å². The number of carbonyl (C=O) groups is 2. The van der Waals surface area contributed by atoms with Gasteiger partial charge in [-0.2, -0.15) is 0 Å². The predicted octanol–water partition coefficient (Wildman–Crippen LogP) is 2.21. The first-order chi connectivity index (χ1) is 13.1. The molecule has 1 aromatic carbocycles. The minimum Gasteiger partial charge on any atom is -0.495 e. The van der Waals surface area contributed by atoms with E-state index >= 15 is 0 Å². The van der Waals surface area contributed by atoms with Gasteiger partial charge in [-0.1, -0.05) is 6.92 Å². The van der Waals surface area contributed by atoms with E-state index in [9.17, 15) is 18.0 Å². The second-order valence-electron chi connectivity index (χ2n) is 6.35. The summed E-state index contributed by atoms with van der Waals surface area (Å²) in [7, 11) is -2.80. The molecule has 0 amide bonds. The second kappa shape index (κ2) is 8.57. The number of esters is 1. The monoisotopic (exact) mass is 408 g/mol. The summed E-state index contributed by atoms with van der Waals surface area (Å²) in [5.41, 5.74) is 2.23. The fraction of sp³-hybridized carbons (Fsp3) is 0.368. The van der Waals surface area contributed by atoms with Crippen LogP contribution in [0.5, 0.6) is 5.75 Å². The van der Waals surface area contributed by atoms with Crippen molar-refractivity contribution >= 4 is 21.8 Å². The summed E-state index contributed by atoms with van der Waals surface area (Å²) in [6.07, 6.45) is 0.933. The lowest BCUT2D eigenvalue weighted by molar-refractivity contribution is 0.0474. The first-order valence-electron chi connectivity index (χ1n) is 8.68. The van der Waals surface area contributed by atoms with E-state index in [2.05, 4.69) is 0 Å². The number of ketones is 1. The number of sulfonamides is 1. The molecule has 0 radical (unpaired) electrons. The van der Waals surface area contributed by atoms with Crippen molar-refractivity contribution in [3.05, 3.63) is 46.8 Å². The third-order valence-corrected chi connectivity index (χ3v) is 5.29. The van der Waals surface area contributed by atoms with Crippen LogP contribution < -0.4 is 9.88 Å². The molecule has 152 valence electrons. The average Bonchev–Trinajstić information content (AvgIpc) is 2.93. The number of benzene rings is 1. The summed E-state index contributed by atoms with van der Waals surface area (Å²) in [6, 6.07) is 5.48. The van der Waals surface area contributed by atoms with Gasteiger partial charge in [-0.3, -0.25) is 4.79 Å². The van der Waals surface area contributed by atoms with Crippen molar-refractivity contribution in [2.24, 2.45) is 5.14 Å². The van der Waals surface area contributed by atoms with Crippen LogP contribution in [-0.4, -0.2) is 38.5 Å². The molecule has 1 aromatic heterocycles. The van der Waals surface area contributed by atoms with Gasteiger partial charge in [-0.05, 0) is 44.5 Å². The maximum Gasteiger partial charge on any atom is 0.338 e. The van der Waals surface area contributed by atoms with Crippen molar-refractivity contribution < 1.29 is 27.5 Å². The number of carbonyl (C=O) groups excluding carboxylic acids is 2. The van der Waals surface area contributed by atoms with Crippen molar-refractivity contribution in [1.29, 1.82) is 0 Å². The summed E-state index contributed by atoms with van der Waals surface area (Å²) in [5.74, 6) is -1.15. The normalized spacial score (nSPS) is 11.3. The maximum atomic E-state index is 12.5. The zero-order valence-corrected chi connectivity index (χ0v) is 17.1. The van der Waals surface area contributed by atoms with E-state index in [4.69, 9.17) is 14.6 Å². The van der Waals surface area contributed by atoms with Crippen LogP contribution >= 0.6 is 0 Å². The number of methoxy groups -OCH3 is 1. The summed E-state index contributed by atoms with van der Waals surface area (Å²) in [5, 5.41) is 5.14. The van der Waals surface area contributed by atoms with Crippen molar-refractivity contribution in [2.75, 3.05) is 13.7 Å². The third kappa shape index (κ3) is 4.60. The Bertz CT molecular complexity index is 1010. The Hall–Kier alpha value is -2.65. The number of hydrogen-bond donors (Lipinski definition) is 1. The van der Waals surface area contributed by atoms with E-state index in [0.717, 1.165) is 30.4 Å². The van der Waals surface area contributed by atoms with Crippen LogP contribution in [0.15, 0.2) is 29.2 Å². The molecule has 2 N–H and O–H groups in total. The summed E-state index contributed by atoms with van der Waals surface area (Å²) in [4.78, 5) is 24.4. The minimum absolute atomic E-state index is 0.0125. The molecule has 2 rings (SSSR count). The maximum absolute atomic E-state index is 12.5. The lowest BCUT2D eigenvalue weighted by Crippen LogP contribution is -2.17. The highest BCUT2D eigenvalue weighted by Gasteiger charge is 2.21. The van der Waals surface area contributed by atoms with Gasteiger partial charge < -0.3 is 14.0 Å². The second-order valence-corrected chi connectivity index (χ2v) is 7.88. The zero-order valence-electron chi connectivity index (χ0n) is 16.3. The number of primary sulfonamides is 1. The number of nitrogens with two attached hydrogens (primary N) is 1. The van der Waals surface area contributed by atoms with Crippen LogP contribution in [-0.2, 0) is 21.3 Å². The molecule has 0 spiro atoms. The molecule has 28 heavy (non-hydrogen) atoms. The molecule has 9 heteroatoms. The molecular weight excluding hydrogens is 384 g/mol. The van der Waals surface area contributed by atoms with Gasteiger partial charge in [-0.15, -0.1) is 0 Å². The molecule has 0 bridgehead atoms. The molecule has 0 aliphatic carbocycles. The predicted molar refractivity (Wildman–Crippen MR) is 103 cm³/mol. The number of rotatable bonds is 8. The van der Waals surface area contributed by atoms with Crippen LogP contribution in [0.3, 0.4) is 0 Å². The number of hydrogen-bond acceptors (Lipinski definition) is 6. The van der Waals surface area contributed by atoms with Gasteiger partial charge in [-0.25, -0.2) is 18.4 Å². The van der Waals surface area contributed by atoms with Crippen molar-refractivity contribution in [1.82, 2.24) is 4.57 Å². The van der Waals surface area contributed by atoms with Crippen LogP contribution in [0.1, 0.15) is 45.4 Å². The first-order valence-corrected chi connectivity index (χ1v) is 10.2. The average molecular weight is 408 g/mol. The van der Waals surface area contributed by atoms with Crippen LogP contribution in [0.25, 0.3) is 0 Å². The third-order valence-electron chi connectivity index (χ3n) is 4.36. The van der Waals surface area contributed by atoms with Crippen molar-refractivity contribution in [3.8, 4) is 5.75 Å². The molecule has 0 aliphatic rings. The summed E-state index contributed by atoms with van der Waals surface area (Å²) in [6.45, 7) is 6.16. The fourth-order valence-corrected chi connectivity index (χ4v) is 3.69. The highest BCUT2D eigenvalue weighted by molar-refractivity contribution is 7.89. The van der Waals surface area contributed by atoms with Crippen LogP contribution in [0.2, 0.25) is 0 Å². The fourth-order valence-electron chi connectivity index (χ4n) is 2.97. The Morgan fingerprint density at radius 2 is 1.86 bits per heavy atom. The molecule has 0 fully saturated rings. The van der Waals surface area contributed by atoms with E-state index in [1.165, 1.54) is 19.2 Å². The zero-order chi connectivity index (χ0) is 21.1. The number of ether oxygens (including phenoxy) is 2. The van der Waals surface area contributed by atoms with Gasteiger partial charge in [0.15, 0.2) is 6.61 Å². The highest BCUT2D eigenvalue weighted by atomic mass is 32.2. The topological polar surface area (TPSA) is 118 Å². The quantitative estimate of drug-likeness (QED) is 0.528. The van der Waals surface area contributed by atoms with Crippen molar-refractivity contribution in [2.45, 2.75) is 38.6 Å². The van der Waals surface area contributed by atoms with Gasteiger partial charge in [0.05, 0.1) is 12.7 Å². The Kier molecular flexibility index (Phi) is 6.63. The van der Waals surface area contributed by atoms with E-state index in [1.54, 1.807) is 6.07 Å². The van der Waals surface area contributed by atoms with E-state index in [0.29, 0.717) is 5.56 Å². The van der Waals surface area contributed by atoms with Crippen LogP contribution in [0.4, 0.5) is 0 Å². The standard InChI is InChI=1S/C19H24N2O6S/c1-5-8-21-12(2)9-15(13(21)3)16(22)11-27-19(23)14-6-7-17(26-4)18(10-14)28(20,24)25/h6-7,9-10H,5,8,11H2,1-4H3,(H2,20,24,25). The molecular formula is C19H24N2O6S. The summed E-state index contributed by atoms with van der Waals surface area (Å²) < 4.78 is 35.4. The molecule has 0 unspecified atom stereocenters. The number of aryl methyl sites for hydroxylation is 1. The molecule has 1 heterocycles. The number of aromatic nitrogens is 1. The minimum atomic E-state index is -4.09. The van der Waals surface area contributed by atoms with Crippen LogP contribution in [0, 0.1) is 13.8 Å². The molecule has 0 aliphatic heterocycles. The van der Waals surface area contributed by atoms with Gasteiger partial charge in [0.2, 0.25) is 15.8 Å². The lowest BCUT2D eigenvalue weighted by atomic mass is 10.1. The Morgan fingerprint density at radius 3 is 2.43 bits per heavy atom. The SMILES string of the molecule is CCCn1c(C)cc(C(=O)COC(=O)c2ccc(OC)c(S(N)(=O)=O)c2)c1C. The molecule has 0 atom stereocenters. The Morgan fingerprint density at radius 1 is 1.18 bits per heavy atom. The van der Waals surface area contributed by atoms with E-state index in [-0.39, 0.29) is 22.0 Å².